The first-order valence-corrected chi connectivity index (χ1v) is 8.57. The minimum absolute atomic E-state index is 0.435. The molecule has 0 aliphatic carbocycles. The van der Waals surface area contributed by atoms with Crippen LogP contribution in [0.15, 0.2) is 48.5 Å². The average molecular weight is 361 g/mol. The van der Waals surface area contributed by atoms with E-state index in [4.69, 9.17) is 23.2 Å². The third-order valence-corrected chi connectivity index (χ3v) is 4.38. The highest BCUT2D eigenvalue weighted by Crippen LogP contribution is 2.26. The number of hydrogen-bond acceptors (Lipinski definition) is 3. The number of benzene rings is 2. The van der Waals surface area contributed by atoms with Crippen LogP contribution < -0.4 is 5.32 Å². The third-order valence-electron chi connectivity index (χ3n) is 3.68. The van der Waals surface area contributed by atoms with Gasteiger partial charge in [-0.05, 0) is 18.7 Å². The van der Waals surface area contributed by atoms with Crippen molar-refractivity contribution >= 4 is 23.2 Å². The van der Waals surface area contributed by atoms with Crippen molar-refractivity contribution in [3.63, 3.8) is 0 Å². The minimum Gasteiger partial charge on any atom is -0.311 e. The van der Waals surface area contributed by atoms with Crippen molar-refractivity contribution in [3.8, 4) is 11.3 Å². The van der Waals surface area contributed by atoms with Gasteiger partial charge in [0.1, 0.15) is 11.4 Å². The summed E-state index contributed by atoms with van der Waals surface area (Å²) in [5.74, 6) is 0. The molecule has 0 radical (unpaired) electrons. The van der Waals surface area contributed by atoms with Gasteiger partial charge >= 0.3 is 0 Å². The van der Waals surface area contributed by atoms with E-state index in [1.807, 2.05) is 48.5 Å². The smallest absolute Gasteiger partial charge is 0.117 e. The van der Waals surface area contributed by atoms with Gasteiger partial charge < -0.3 is 5.32 Å². The summed E-state index contributed by atoms with van der Waals surface area (Å²) in [6.07, 6.45) is 0. The van der Waals surface area contributed by atoms with Crippen LogP contribution in [-0.2, 0) is 13.1 Å². The number of aromatic nitrogens is 3. The molecule has 6 heteroatoms. The van der Waals surface area contributed by atoms with Crippen LogP contribution in [0, 0.1) is 0 Å². The topological polar surface area (TPSA) is 42.7 Å². The molecule has 0 atom stereocenters. The fraction of sp³-hybridized carbons (Fsp3) is 0.222. The largest absolute Gasteiger partial charge is 0.311 e. The second-order valence-electron chi connectivity index (χ2n) is 5.37. The van der Waals surface area contributed by atoms with Crippen LogP contribution in [-0.4, -0.2) is 21.5 Å². The van der Waals surface area contributed by atoms with E-state index in [2.05, 4.69) is 22.4 Å². The maximum absolute atomic E-state index is 6.26. The molecule has 4 nitrogen and oxygen atoms in total. The van der Waals surface area contributed by atoms with Gasteiger partial charge in [0.15, 0.2) is 0 Å². The lowest BCUT2D eigenvalue weighted by Gasteiger charge is -2.05. The molecular formula is C18H18Cl2N4. The molecule has 0 saturated heterocycles. The molecule has 0 aliphatic heterocycles. The van der Waals surface area contributed by atoms with Crippen molar-refractivity contribution in [2.45, 2.75) is 20.0 Å². The van der Waals surface area contributed by atoms with Crippen LogP contribution in [0.3, 0.4) is 0 Å². The van der Waals surface area contributed by atoms with E-state index in [0.29, 0.717) is 23.1 Å². The Labute approximate surface area is 151 Å². The average Bonchev–Trinajstić information content (AvgIpc) is 3.00. The van der Waals surface area contributed by atoms with Crippen molar-refractivity contribution in [1.82, 2.24) is 20.3 Å². The van der Waals surface area contributed by atoms with Crippen molar-refractivity contribution in [3.05, 3.63) is 69.8 Å². The monoisotopic (exact) mass is 360 g/mol. The molecular weight excluding hydrogens is 343 g/mol. The molecule has 124 valence electrons. The van der Waals surface area contributed by atoms with Gasteiger partial charge in [-0.1, -0.05) is 66.5 Å². The van der Waals surface area contributed by atoms with Gasteiger partial charge in [0.2, 0.25) is 0 Å². The Morgan fingerprint density at radius 1 is 0.958 bits per heavy atom. The summed E-state index contributed by atoms with van der Waals surface area (Å²) in [7, 11) is 0. The zero-order valence-corrected chi connectivity index (χ0v) is 14.8. The lowest BCUT2D eigenvalue weighted by Crippen LogP contribution is -2.13. The molecule has 0 amide bonds. The summed E-state index contributed by atoms with van der Waals surface area (Å²) in [4.78, 5) is 1.65. The Kier molecular flexibility index (Phi) is 5.51. The number of halogens is 2. The van der Waals surface area contributed by atoms with E-state index >= 15 is 0 Å². The van der Waals surface area contributed by atoms with Crippen LogP contribution in [0.5, 0.6) is 0 Å². The predicted molar refractivity (Wildman–Crippen MR) is 98.4 cm³/mol. The van der Waals surface area contributed by atoms with E-state index in [9.17, 15) is 0 Å². The van der Waals surface area contributed by atoms with Gasteiger partial charge in [0.05, 0.1) is 6.54 Å². The Bertz CT molecular complexity index is 795. The number of rotatable bonds is 6. The van der Waals surface area contributed by atoms with E-state index in [1.165, 1.54) is 0 Å². The predicted octanol–water partition coefficient (Wildman–Crippen LogP) is 4.41. The first-order valence-electron chi connectivity index (χ1n) is 7.82. The molecule has 0 fully saturated rings. The maximum atomic E-state index is 6.26. The normalized spacial score (nSPS) is 11.0. The summed E-state index contributed by atoms with van der Waals surface area (Å²) in [5.41, 5.74) is 3.65. The lowest BCUT2D eigenvalue weighted by atomic mass is 10.1. The summed E-state index contributed by atoms with van der Waals surface area (Å²) >= 11 is 12.5. The molecule has 3 aromatic rings. The van der Waals surface area contributed by atoms with Crippen LogP contribution in [0.25, 0.3) is 11.3 Å². The van der Waals surface area contributed by atoms with Crippen molar-refractivity contribution < 1.29 is 0 Å². The zero-order chi connectivity index (χ0) is 16.9. The fourth-order valence-corrected chi connectivity index (χ4v) is 2.98. The van der Waals surface area contributed by atoms with Gasteiger partial charge in [-0.2, -0.15) is 15.0 Å². The van der Waals surface area contributed by atoms with Crippen LogP contribution in [0.2, 0.25) is 10.0 Å². The number of nitrogens with one attached hydrogen (secondary N) is 1. The Balaban J connectivity index is 1.96. The van der Waals surface area contributed by atoms with E-state index in [-0.39, 0.29) is 0 Å². The van der Waals surface area contributed by atoms with E-state index in [1.54, 1.807) is 4.80 Å². The zero-order valence-electron chi connectivity index (χ0n) is 13.3. The SMILES string of the molecule is CCNCc1nn(Cc2c(Cl)cccc2Cl)nc1-c1ccccc1. The molecule has 2 aromatic carbocycles. The molecule has 0 aliphatic rings. The van der Waals surface area contributed by atoms with E-state index in [0.717, 1.165) is 29.1 Å². The molecule has 1 heterocycles. The molecule has 1 N–H and O–H groups in total. The molecule has 3 rings (SSSR count). The van der Waals surface area contributed by atoms with Gasteiger partial charge in [-0.25, -0.2) is 0 Å². The highest BCUT2D eigenvalue weighted by Gasteiger charge is 2.14. The Morgan fingerprint density at radius 3 is 2.33 bits per heavy atom. The van der Waals surface area contributed by atoms with Crippen molar-refractivity contribution in [2.24, 2.45) is 0 Å². The van der Waals surface area contributed by atoms with Crippen molar-refractivity contribution in [2.75, 3.05) is 6.54 Å². The molecule has 0 bridgehead atoms. The highest BCUT2D eigenvalue weighted by atomic mass is 35.5. The van der Waals surface area contributed by atoms with Crippen molar-refractivity contribution in [1.29, 1.82) is 0 Å². The summed E-state index contributed by atoms with van der Waals surface area (Å²) in [6.45, 7) is 4.04. The molecule has 0 saturated carbocycles. The molecule has 0 unspecified atom stereocenters. The molecule has 24 heavy (non-hydrogen) atoms. The second-order valence-corrected chi connectivity index (χ2v) is 6.19. The standard InChI is InChI=1S/C18H18Cl2N4/c1-2-21-11-17-18(13-7-4-3-5-8-13)23-24(22-17)12-14-15(19)9-6-10-16(14)20/h3-10,21H,2,11-12H2,1H3. The first-order chi connectivity index (χ1) is 11.7. The fourth-order valence-electron chi connectivity index (χ4n) is 2.46. The van der Waals surface area contributed by atoms with Crippen LogP contribution in [0.1, 0.15) is 18.2 Å². The highest BCUT2D eigenvalue weighted by molar-refractivity contribution is 6.35. The summed E-state index contributed by atoms with van der Waals surface area (Å²) in [5, 5.41) is 13.8. The molecule has 0 spiro atoms. The summed E-state index contributed by atoms with van der Waals surface area (Å²) < 4.78 is 0. The number of nitrogens with zero attached hydrogens (tertiary/aromatic N) is 3. The first kappa shape index (κ1) is 17.0. The maximum Gasteiger partial charge on any atom is 0.117 e. The minimum atomic E-state index is 0.435. The van der Waals surface area contributed by atoms with Gasteiger partial charge in [-0.3, -0.25) is 0 Å². The Morgan fingerprint density at radius 2 is 1.67 bits per heavy atom. The quantitative estimate of drug-likeness (QED) is 0.707. The Hall–Kier alpha value is -1.88. The van der Waals surface area contributed by atoms with Crippen LogP contribution in [0.4, 0.5) is 0 Å². The number of hydrogen-bond donors (Lipinski definition) is 1. The summed E-state index contributed by atoms with van der Waals surface area (Å²) in [6, 6.07) is 15.5. The molecule has 1 aromatic heterocycles. The van der Waals surface area contributed by atoms with Gasteiger partial charge in [0.25, 0.3) is 0 Å². The lowest BCUT2D eigenvalue weighted by molar-refractivity contribution is 0.579. The van der Waals surface area contributed by atoms with Gasteiger partial charge in [-0.15, -0.1) is 0 Å². The van der Waals surface area contributed by atoms with E-state index < -0.39 is 0 Å². The second kappa shape index (κ2) is 7.79. The van der Waals surface area contributed by atoms with Gasteiger partial charge in [0, 0.05) is 27.7 Å². The third kappa shape index (κ3) is 3.78. The van der Waals surface area contributed by atoms with Crippen LogP contribution >= 0.6 is 23.2 Å².